The molecule has 1 aromatic carbocycles. The lowest BCUT2D eigenvalue weighted by Crippen LogP contribution is -2.33. The highest BCUT2D eigenvalue weighted by atomic mass is 15.1. The molecule has 0 heterocycles. The molecule has 0 unspecified atom stereocenters. The van der Waals surface area contributed by atoms with Gasteiger partial charge < -0.3 is 4.90 Å². The fourth-order valence-corrected chi connectivity index (χ4v) is 2.12. The van der Waals surface area contributed by atoms with Crippen LogP contribution in [0.15, 0.2) is 24.3 Å². The summed E-state index contributed by atoms with van der Waals surface area (Å²) in [5.74, 6) is 0. The van der Waals surface area contributed by atoms with E-state index in [0.29, 0.717) is 0 Å². The third-order valence-corrected chi connectivity index (χ3v) is 3.05. The second-order valence-electron chi connectivity index (χ2n) is 4.13. The van der Waals surface area contributed by atoms with Gasteiger partial charge in [0.25, 0.3) is 0 Å². The fourth-order valence-electron chi connectivity index (χ4n) is 2.12. The van der Waals surface area contributed by atoms with Gasteiger partial charge in [-0.1, -0.05) is 24.3 Å². The van der Waals surface area contributed by atoms with E-state index < -0.39 is 0 Å². The third-order valence-electron chi connectivity index (χ3n) is 3.05. The van der Waals surface area contributed by atoms with Crippen LogP contribution in [0.5, 0.6) is 0 Å². The summed E-state index contributed by atoms with van der Waals surface area (Å²) >= 11 is 0. The quantitative estimate of drug-likeness (QED) is 0.632. The SMILES string of the molecule is CN(C)[C@@H]1CCc2ccccc2C1. The second kappa shape index (κ2) is 3.51. The van der Waals surface area contributed by atoms with Crippen molar-refractivity contribution in [2.24, 2.45) is 0 Å². The summed E-state index contributed by atoms with van der Waals surface area (Å²) in [6, 6.07) is 9.58. The first kappa shape index (κ1) is 8.76. The van der Waals surface area contributed by atoms with Crippen molar-refractivity contribution in [3.05, 3.63) is 35.4 Å². The van der Waals surface area contributed by atoms with E-state index in [-0.39, 0.29) is 0 Å². The normalized spacial score (nSPS) is 21.6. The van der Waals surface area contributed by atoms with E-state index in [4.69, 9.17) is 0 Å². The maximum Gasteiger partial charge on any atom is 0.0133 e. The van der Waals surface area contributed by atoms with E-state index in [1.165, 1.54) is 19.3 Å². The Morgan fingerprint density at radius 3 is 2.54 bits per heavy atom. The molecule has 0 fully saturated rings. The van der Waals surface area contributed by atoms with Crippen molar-refractivity contribution < 1.29 is 0 Å². The lowest BCUT2D eigenvalue weighted by molar-refractivity contribution is 0.268. The minimum atomic E-state index is 0.745. The predicted molar refractivity (Wildman–Crippen MR) is 55.9 cm³/mol. The summed E-state index contributed by atoms with van der Waals surface area (Å²) in [7, 11) is 4.36. The summed E-state index contributed by atoms with van der Waals surface area (Å²) in [4.78, 5) is 2.34. The van der Waals surface area contributed by atoms with Gasteiger partial charge in [0.2, 0.25) is 0 Å². The molecule has 1 aliphatic carbocycles. The second-order valence-corrected chi connectivity index (χ2v) is 4.13. The monoisotopic (exact) mass is 175 g/mol. The van der Waals surface area contributed by atoms with Gasteiger partial charge >= 0.3 is 0 Å². The zero-order valence-corrected chi connectivity index (χ0v) is 8.46. The molecule has 1 aliphatic rings. The predicted octanol–water partition coefficient (Wildman–Crippen LogP) is 2.11. The number of rotatable bonds is 1. The van der Waals surface area contributed by atoms with Crippen LogP contribution in [0.4, 0.5) is 0 Å². The Morgan fingerprint density at radius 2 is 1.85 bits per heavy atom. The van der Waals surface area contributed by atoms with E-state index in [1.807, 2.05) is 0 Å². The maximum atomic E-state index is 2.34. The summed E-state index contributed by atoms with van der Waals surface area (Å²) in [5.41, 5.74) is 3.10. The summed E-state index contributed by atoms with van der Waals surface area (Å²) < 4.78 is 0. The standard InChI is InChI=1S/C12H17N/c1-13(2)12-8-7-10-5-3-4-6-11(10)9-12/h3-6,12H,7-9H2,1-2H3/t12-/m1/s1. The molecular weight excluding hydrogens is 158 g/mol. The molecule has 70 valence electrons. The molecule has 0 spiro atoms. The van der Waals surface area contributed by atoms with Crippen LogP contribution in [-0.4, -0.2) is 25.0 Å². The van der Waals surface area contributed by atoms with Gasteiger partial charge in [0.05, 0.1) is 0 Å². The van der Waals surface area contributed by atoms with E-state index >= 15 is 0 Å². The molecule has 1 aromatic rings. The van der Waals surface area contributed by atoms with Crippen molar-refractivity contribution >= 4 is 0 Å². The van der Waals surface area contributed by atoms with Crippen LogP contribution in [0.25, 0.3) is 0 Å². The summed E-state index contributed by atoms with van der Waals surface area (Å²) in [6.45, 7) is 0. The van der Waals surface area contributed by atoms with E-state index in [0.717, 1.165) is 6.04 Å². The van der Waals surface area contributed by atoms with Gasteiger partial charge in [-0.25, -0.2) is 0 Å². The lowest BCUT2D eigenvalue weighted by Gasteiger charge is -2.29. The van der Waals surface area contributed by atoms with Crippen molar-refractivity contribution in [2.45, 2.75) is 25.3 Å². The molecule has 13 heavy (non-hydrogen) atoms. The van der Waals surface area contributed by atoms with E-state index in [1.54, 1.807) is 11.1 Å². The highest BCUT2D eigenvalue weighted by Crippen LogP contribution is 2.22. The summed E-state index contributed by atoms with van der Waals surface area (Å²) in [5, 5.41) is 0. The Hall–Kier alpha value is -0.820. The van der Waals surface area contributed by atoms with Gasteiger partial charge in [0.15, 0.2) is 0 Å². The number of hydrogen-bond donors (Lipinski definition) is 0. The average molecular weight is 175 g/mol. The summed E-state index contributed by atoms with van der Waals surface area (Å²) in [6.07, 6.45) is 3.78. The van der Waals surface area contributed by atoms with Crippen LogP contribution in [0.3, 0.4) is 0 Å². The molecule has 0 radical (unpaired) electrons. The molecule has 1 nitrogen and oxygen atoms in total. The number of benzene rings is 1. The molecule has 0 amide bonds. The van der Waals surface area contributed by atoms with Gasteiger partial charge in [-0.05, 0) is 44.5 Å². The van der Waals surface area contributed by atoms with Crippen LogP contribution >= 0.6 is 0 Å². The smallest absolute Gasteiger partial charge is 0.0133 e. The molecule has 1 heteroatoms. The van der Waals surface area contributed by atoms with Crippen molar-refractivity contribution in [3.8, 4) is 0 Å². The van der Waals surface area contributed by atoms with Crippen molar-refractivity contribution in [2.75, 3.05) is 14.1 Å². The molecule has 0 aromatic heterocycles. The Labute approximate surface area is 80.4 Å². The third kappa shape index (κ3) is 1.75. The molecule has 0 N–H and O–H groups in total. The molecule has 0 saturated carbocycles. The molecule has 0 saturated heterocycles. The van der Waals surface area contributed by atoms with Gasteiger partial charge in [0.1, 0.15) is 0 Å². The molecular formula is C12H17N. The average Bonchev–Trinajstić information content (AvgIpc) is 2.17. The largest absolute Gasteiger partial charge is 0.306 e. The van der Waals surface area contributed by atoms with Crippen LogP contribution in [0, 0.1) is 0 Å². The molecule has 0 aliphatic heterocycles. The first-order valence-electron chi connectivity index (χ1n) is 5.00. The first-order valence-corrected chi connectivity index (χ1v) is 5.00. The Bertz CT molecular complexity index is 291. The van der Waals surface area contributed by atoms with Gasteiger partial charge in [-0.15, -0.1) is 0 Å². The topological polar surface area (TPSA) is 3.24 Å². The van der Waals surface area contributed by atoms with Crippen LogP contribution in [0.2, 0.25) is 0 Å². The minimum Gasteiger partial charge on any atom is -0.306 e. The fraction of sp³-hybridized carbons (Fsp3) is 0.500. The van der Waals surface area contributed by atoms with Gasteiger partial charge in [-0.2, -0.15) is 0 Å². The minimum absolute atomic E-state index is 0.745. The van der Waals surface area contributed by atoms with Crippen LogP contribution < -0.4 is 0 Å². The molecule has 2 rings (SSSR count). The van der Waals surface area contributed by atoms with Gasteiger partial charge in [-0.3, -0.25) is 0 Å². The highest BCUT2D eigenvalue weighted by Gasteiger charge is 2.18. The number of fused-ring (bicyclic) bond motifs is 1. The number of aryl methyl sites for hydroxylation is 1. The first-order chi connectivity index (χ1) is 6.27. The number of hydrogen-bond acceptors (Lipinski definition) is 1. The lowest BCUT2D eigenvalue weighted by atomic mass is 9.88. The molecule has 1 atom stereocenters. The Kier molecular flexibility index (Phi) is 2.36. The zero-order chi connectivity index (χ0) is 9.26. The zero-order valence-electron chi connectivity index (χ0n) is 8.46. The Balaban J connectivity index is 2.20. The van der Waals surface area contributed by atoms with Crippen molar-refractivity contribution in [3.63, 3.8) is 0 Å². The van der Waals surface area contributed by atoms with Crippen LogP contribution in [0.1, 0.15) is 17.5 Å². The number of nitrogens with zero attached hydrogens (tertiary/aromatic N) is 1. The number of likely N-dealkylation sites (N-methyl/N-ethyl adjacent to an activating group) is 1. The Morgan fingerprint density at radius 1 is 1.15 bits per heavy atom. The van der Waals surface area contributed by atoms with E-state index in [2.05, 4.69) is 43.3 Å². The highest BCUT2D eigenvalue weighted by molar-refractivity contribution is 5.30. The van der Waals surface area contributed by atoms with Crippen molar-refractivity contribution in [1.82, 2.24) is 4.90 Å². The van der Waals surface area contributed by atoms with Crippen LogP contribution in [-0.2, 0) is 12.8 Å². The molecule has 0 bridgehead atoms. The van der Waals surface area contributed by atoms with Crippen molar-refractivity contribution in [1.29, 1.82) is 0 Å². The maximum absolute atomic E-state index is 2.34. The van der Waals surface area contributed by atoms with Gasteiger partial charge in [0, 0.05) is 6.04 Å². The van der Waals surface area contributed by atoms with E-state index in [9.17, 15) is 0 Å².